The van der Waals surface area contributed by atoms with Crippen molar-refractivity contribution in [1.82, 2.24) is 0 Å². The fourth-order valence-corrected chi connectivity index (χ4v) is 3.66. The summed E-state index contributed by atoms with van der Waals surface area (Å²) in [5.74, 6) is -0.973. The second-order valence-electron chi connectivity index (χ2n) is 5.78. The molecule has 1 aromatic rings. The average Bonchev–Trinajstić information content (AvgIpc) is 3.00. The molecule has 0 atom stereocenters. The highest BCUT2D eigenvalue weighted by molar-refractivity contribution is 6.10. The summed E-state index contributed by atoms with van der Waals surface area (Å²) in [4.78, 5) is 25.3. The molecule has 0 radical (unpaired) electrons. The van der Waals surface area contributed by atoms with Gasteiger partial charge in [0.1, 0.15) is 6.54 Å². The molecule has 0 saturated heterocycles. The quantitative estimate of drug-likeness (QED) is 0.920. The lowest BCUT2D eigenvalue weighted by atomic mass is 9.79. The molecule has 1 saturated carbocycles. The number of nitrogens with zero attached hydrogens (tertiary/aromatic N) is 1. The van der Waals surface area contributed by atoms with Crippen LogP contribution < -0.4 is 4.90 Å². The van der Waals surface area contributed by atoms with Crippen LogP contribution in [0.3, 0.4) is 0 Å². The van der Waals surface area contributed by atoms with E-state index in [0.717, 1.165) is 43.4 Å². The van der Waals surface area contributed by atoms with Crippen molar-refractivity contribution < 1.29 is 14.7 Å². The third-order valence-electron chi connectivity index (χ3n) is 4.68. The predicted octanol–water partition coefficient (Wildman–Crippen LogP) is 2.49. The number of benzene rings is 1. The molecule has 1 fully saturated rings. The van der Waals surface area contributed by atoms with Crippen molar-refractivity contribution in [2.45, 2.75) is 44.4 Å². The van der Waals surface area contributed by atoms with E-state index in [-0.39, 0.29) is 12.5 Å². The van der Waals surface area contributed by atoms with Gasteiger partial charge in [0.05, 0.1) is 5.41 Å². The Labute approximate surface area is 118 Å². The van der Waals surface area contributed by atoms with Crippen molar-refractivity contribution >= 4 is 17.6 Å². The van der Waals surface area contributed by atoms with Crippen LogP contribution in [0.15, 0.2) is 18.2 Å². The number of aliphatic carboxylic acids is 1. The minimum Gasteiger partial charge on any atom is -0.480 e. The molecular weight excluding hydrogens is 254 g/mol. The summed E-state index contributed by atoms with van der Waals surface area (Å²) in [6.45, 7) is 1.86. The van der Waals surface area contributed by atoms with E-state index in [1.807, 2.05) is 12.1 Å². The van der Waals surface area contributed by atoms with E-state index in [2.05, 4.69) is 13.0 Å². The maximum Gasteiger partial charge on any atom is 0.323 e. The smallest absolute Gasteiger partial charge is 0.323 e. The maximum atomic E-state index is 12.8. The van der Waals surface area contributed by atoms with Gasteiger partial charge in [-0.15, -0.1) is 0 Å². The van der Waals surface area contributed by atoms with Crippen molar-refractivity contribution in [3.8, 4) is 0 Å². The Bertz CT molecular complexity index is 573. The van der Waals surface area contributed by atoms with Crippen LogP contribution in [0.2, 0.25) is 0 Å². The summed E-state index contributed by atoms with van der Waals surface area (Å²) in [6.07, 6.45) is 4.71. The van der Waals surface area contributed by atoms with Gasteiger partial charge in [-0.05, 0) is 36.5 Å². The monoisotopic (exact) mass is 273 g/mol. The second-order valence-corrected chi connectivity index (χ2v) is 5.78. The lowest BCUT2D eigenvalue weighted by molar-refractivity contribution is -0.137. The van der Waals surface area contributed by atoms with E-state index in [1.54, 1.807) is 0 Å². The van der Waals surface area contributed by atoms with Crippen LogP contribution in [0.1, 0.15) is 43.7 Å². The van der Waals surface area contributed by atoms with Crippen molar-refractivity contribution in [2.24, 2.45) is 0 Å². The van der Waals surface area contributed by atoms with Crippen LogP contribution in [0.5, 0.6) is 0 Å². The van der Waals surface area contributed by atoms with Gasteiger partial charge >= 0.3 is 5.97 Å². The van der Waals surface area contributed by atoms with Crippen LogP contribution in [0, 0.1) is 0 Å². The van der Waals surface area contributed by atoms with Gasteiger partial charge in [-0.3, -0.25) is 9.59 Å². The van der Waals surface area contributed by atoms with Crippen LogP contribution >= 0.6 is 0 Å². The minimum atomic E-state index is -0.959. The molecule has 0 bridgehead atoms. The van der Waals surface area contributed by atoms with Crippen LogP contribution in [0.25, 0.3) is 0 Å². The van der Waals surface area contributed by atoms with E-state index >= 15 is 0 Å². The molecule has 106 valence electrons. The van der Waals surface area contributed by atoms with Crippen molar-refractivity contribution in [3.05, 3.63) is 29.3 Å². The van der Waals surface area contributed by atoms with Crippen molar-refractivity contribution in [1.29, 1.82) is 0 Å². The number of rotatable bonds is 3. The first kappa shape index (κ1) is 13.2. The number of hydrogen-bond acceptors (Lipinski definition) is 2. The summed E-state index contributed by atoms with van der Waals surface area (Å²) in [5.41, 5.74) is 2.62. The number of fused-ring (bicyclic) bond motifs is 2. The third-order valence-corrected chi connectivity index (χ3v) is 4.68. The van der Waals surface area contributed by atoms with E-state index in [0.29, 0.717) is 0 Å². The van der Waals surface area contributed by atoms with E-state index < -0.39 is 11.4 Å². The number of amides is 1. The van der Waals surface area contributed by atoms with E-state index in [1.165, 1.54) is 10.5 Å². The molecule has 4 heteroatoms. The molecule has 1 aliphatic carbocycles. The summed E-state index contributed by atoms with van der Waals surface area (Å²) in [7, 11) is 0. The van der Waals surface area contributed by atoms with Gasteiger partial charge in [-0.1, -0.05) is 31.9 Å². The molecule has 20 heavy (non-hydrogen) atoms. The van der Waals surface area contributed by atoms with Gasteiger partial charge in [-0.2, -0.15) is 0 Å². The molecule has 1 aliphatic heterocycles. The Kier molecular flexibility index (Phi) is 3.04. The number of anilines is 1. The number of carboxylic acids is 1. The predicted molar refractivity (Wildman–Crippen MR) is 76.0 cm³/mol. The third kappa shape index (κ3) is 1.74. The van der Waals surface area contributed by atoms with Crippen LogP contribution in [-0.2, 0) is 21.4 Å². The first-order valence-electron chi connectivity index (χ1n) is 7.25. The molecule has 4 nitrogen and oxygen atoms in total. The minimum absolute atomic E-state index is 0.0133. The first-order valence-corrected chi connectivity index (χ1v) is 7.25. The van der Waals surface area contributed by atoms with E-state index in [4.69, 9.17) is 5.11 Å². The van der Waals surface area contributed by atoms with Crippen LogP contribution in [0.4, 0.5) is 5.69 Å². The van der Waals surface area contributed by atoms with Gasteiger partial charge in [-0.25, -0.2) is 0 Å². The highest BCUT2D eigenvalue weighted by Crippen LogP contribution is 2.51. The molecule has 0 aromatic heterocycles. The molecule has 0 unspecified atom stereocenters. The topological polar surface area (TPSA) is 57.6 Å². The van der Waals surface area contributed by atoms with Crippen LogP contribution in [-0.4, -0.2) is 23.5 Å². The SMILES string of the molecule is CCc1ccc2c(c1)C1(CCCC1)C(=O)N2CC(=O)O. The van der Waals surface area contributed by atoms with Gasteiger partial charge in [0.25, 0.3) is 0 Å². The Morgan fingerprint density at radius 1 is 1.35 bits per heavy atom. The number of carbonyl (C=O) groups is 2. The molecule has 1 heterocycles. The molecule has 3 rings (SSSR count). The largest absolute Gasteiger partial charge is 0.480 e. The highest BCUT2D eigenvalue weighted by Gasteiger charge is 2.52. The summed E-state index contributed by atoms with van der Waals surface area (Å²) in [5, 5.41) is 9.06. The zero-order chi connectivity index (χ0) is 14.3. The van der Waals surface area contributed by atoms with Gasteiger partial charge in [0.15, 0.2) is 0 Å². The zero-order valence-electron chi connectivity index (χ0n) is 11.7. The highest BCUT2D eigenvalue weighted by atomic mass is 16.4. The lowest BCUT2D eigenvalue weighted by Gasteiger charge is -2.22. The number of carbonyl (C=O) groups excluding carboxylic acids is 1. The summed E-state index contributed by atoms with van der Waals surface area (Å²) < 4.78 is 0. The fourth-order valence-electron chi connectivity index (χ4n) is 3.66. The van der Waals surface area contributed by atoms with E-state index in [9.17, 15) is 9.59 Å². The molecule has 2 aliphatic rings. The second kappa shape index (κ2) is 4.62. The molecule has 1 N–H and O–H groups in total. The van der Waals surface area contributed by atoms with Gasteiger partial charge < -0.3 is 10.0 Å². The molecule has 1 amide bonds. The standard InChI is InChI=1S/C16H19NO3/c1-2-11-5-6-13-12(9-11)16(7-3-4-8-16)15(20)17(13)10-14(18)19/h5-6,9H,2-4,7-8,10H2,1H3,(H,18,19). The average molecular weight is 273 g/mol. The number of aryl methyl sites for hydroxylation is 1. The van der Waals surface area contributed by atoms with Crippen molar-refractivity contribution in [3.63, 3.8) is 0 Å². The number of hydrogen-bond donors (Lipinski definition) is 1. The molecule has 1 spiro atoms. The van der Waals surface area contributed by atoms with Gasteiger partial charge in [0.2, 0.25) is 5.91 Å². The maximum absolute atomic E-state index is 12.8. The first-order chi connectivity index (χ1) is 9.58. The van der Waals surface area contributed by atoms with Gasteiger partial charge in [0, 0.05) is 5.69 Å². The van der Waals surface area contributed by atoms with Crippen molar-refractivity contribution in [2.75, 3.05) is 11.4 Å². The number of carboxylic acid groups (broad SMARTS) is 1. The Hall–Kier alpha value is -1.84. The fraction of sp³-hybridized carbons (Fsp3) is 0.500. The Morgan fingerprint density at radius 3 is 2.65 bits per heavy atom. The Balaban J connectivity index is 2.12. The molecule has 1 aromatic carbocycles. The lowest BCUT2D eigenvalue weighted by Crippen LogP contribution is -2.40. The Morgan fingerprint density at radius 2 is 2.05 bits per heavy atom. The summed E-state index contributed by atoms with van der Waals surface area (Å²) >= 11 is 0. The molecular formula is C16H19NO3. The zero-order valence-corrected chi connectivity index (χ0v) is 11.7. The summed E-state index contributed by atoms with van der Waals surface area (Å²) in [6, 6.07) is 6.03. The normalized spacial score (nSPS) is 19.6.